The third kappa shape index (κ3) is 3.97. The predicted octanol–water partition coefficient (Wildman–Crippen LogP) is -0.236. The highest BCUT2D eigenvalue weighted by Crippen LogP contribution is 2.39. The lowest BCUT2D eigenvalue weighted by atomic mass is 9.99. The van der Waals surface area contributed by atoms with E-state index < -0.39 is 54.2 Å². The molecule has 3 aromatic rings. The van der Waals surface area contributed by atoms with Gasteiger partial charge in [0.2, 0.25) is 17.5 Å². The summed E-state index contributed by atoms with van der Waals surface area (Å²) in [7, 11) is 1.30. The van der Waals surface area contributed by atoms with Crippen LogP contribution >= 0.6 is 0 Å². The fourth-order valence-electron chi connectivity index (χ4n) is 3.67. The summed E-state index contributed by atoms with van der Waals surface area (Å²) < 4.78 is 21.7. The predicted molar refractivity (Wildman–Crippen MR) is 114 cm³/mol. The van der Waals surface area contributed by atoms with Gasteiger partial charge in [-0.1, -0.05) is 0 Å². The minimum atomic E-state index is -1.65. The second-order valence-electron chi connectivity index (χ2n) is 7.63. The Morgan fingerprint density at radius 1 is 0.971 bits per heavy atom. The minimum Gasteiger partial charge on any atom is -0.508 e. The standard InChI is InChI=1S/C22H22O12/c1-31-12-4-8(21-19(29)17(27)15-10(25)5-9(24)6-13(15)32-21)2-3-11(12)33-22-20(30)18(28)16(26)14(7-23)34-22/h2-6,14,16,18,20,22-26,28-30H,7H2,1H3/t14?,16-,18?,20?,22+/m1/s1. The Labute approximate surface area is 191 Å². The van der Waals surface area contributed by atoms with Gasteiger partial charge in [-0.15, -0.1) is 0 Å². The van der Waals surface area contributed by atoms with Gasteiger partial charge >= 0.3 is 0 Å². The minimum absolute atomic E-state index is 0.0218. The van der Waals surface area contributed by atoms with E-state index in [0.717, 1.165) is 12.1 Å². The zero-order valence-corrected chi connectivity index (χ0v) is 17.7. The van der Waals surface area contributed by atoms with Crippen molar-refractivity contribution in [2.75, 3.05) is 13.7 Å². The molecule has 5 atom stereocenters. The van der Waals surface area contributed by atoms with Crippen LogP contribution in [0.25, 0.3) is 22.3 Å². The van der Waals surface area contributed by atoms with E-state index >= 15 is 0 Å². The van der Waals surface area contributed by atoms with E-state index in [0.29, 0.717) is 0 Å². The molecule has 0 bridgehead atoms. The molecule has 3 unspecified atom stereocenters. The molecule has 12 heteroatoms. The number of hydrogen-bond donors (Lipinski definition) is 7. The lowest BCUT2D eigenvalue weighted by molar-refractivity contribution is -0.277. The average Bonchev–Trinajstić information content (AvgIpc) is 2.81. The van der Waals surface area contributed by atoms with Gasteiger partial charge in [0.25, 0.3) is 0 Å². The molecule has 0 amide bonds. The Morgan fingerprint density at radius 2 is 1.71 bits per heavy atom. The van der Waals surface area contributed by atoms with Crippen LogP contribution in [0, 0.1) is 0 Å². The molecule has 0 spiro atoms. The van der Waals surface area contributed by atoms with Gasteiger partial charge in [-0.2, -0.15) is 0 Å². The van der Waals surface area contributed by atoms with Gasteiger partial charge in [-0.05, 0) is 18.2 Å². The quantitative estimate of drug-likeness (QED) is 0.254. The molecule has 12 nitrogen and oxygen atoms in total. The normalized spacial score (nSPS) is 24.8. The van der Waals surface area contributed by atoms with E-state index in [1.165, 1.54) is 25.3 Å². The van der Waals surface area contributed by atoms with Crippen molar-refractivity contribution in [3.8, 4) is 40.1 Å². The fraction of sp³-hybridized carbons (Fsp3) is 0.318. The van der Waals surface area contributed by atoms with Crippen molar-refractivity contribution in [3.63, 3.8) is 0 Å². The van der Waals surface area contributed by atoms with Crippen LogP contribution in [0.3, 0.4) is 0 Å². The molecule has 1 aliphatic heterocycles. The highest BCUT2D eigenvalue weighted by atomic mass is 16.7. The molecular formula is C22H22O12. The van der Waals surface area contributed by atoms with E-state index in [1.807, 2.05) is 0 Å². The van der Waals surface area contributed by atoms with Crippen LogP contribution in [0.15, 0.2) is 39.5 Å². The highest BCUT2D eigenvalue weighted by Gasteiger charge is 2.45. The van der Waals surface area contributed by atoms with Gasteiger partial charge in [0.1, 0.15) is 46.9 Å². The number of benzene rings is 2. The third-order valence-electron chi connectivity index (χ3n) is 5.45. The van der Waals surface area contributed by atoms with Crippen molar-refractivity contribution in [1.29, 1.82) is 0 Å². The van der Waals surface area contributed by atoms with Crippen LogP contribution < -0.4 is 14.9 Å². The van der Waals surface area contributed by atoms with Gasteiger partial charge in [0, 0.05) is 17.7 Å². The highest BCUT2D eigenvalue weighted by molar-refractivity contribution is 5.88. The number of phenols is 2. The molecule has 2 heterocycles. The first-order chi connectivity index (χ1) is 16.2. The zero-order valence-electron chi connectivity index (χ0n) is 17.7. The summed E-state index contributed by atoms with van der Waals surface area (Å²) in [5.74, 6) is -1.92. The topological polar surface area (TPSA) is 200 Å². The SMILES string of the molecule is COc1cc(-c2oc3cc(O)cc(O)c3c(=O)c2O)ccc1O[C@H]1OC(CO)[C@@H](O)C(O)C1O. The Morgan fingerprint density at radius 3 is 2.38 bits per heavy atom. The monoisotopic (exact) mass is 478 g/mol. The van der Waals surface area contributed by atoms with Crippen molar-refractivity contribution < 1.29 is 54.4 Å². The van der Waals surface area contributed by atoms with E-state index in [4.69, 9.17) is 18.6 Å². The molecule has 2 aromatic carbocycles. The van der Waals surface area contributed by atoms with Crippen LogP contribution in [0.1, 0.15) is 0 Å². The number of rotatable bonds is 5. The van der Waals surface area contributed by atoms with Gasteiger partial charge in [-0.3, -0.25) is 4.79 Å². The van der Waals surface area contributed by atoms with Gasteiger partial charge in [0.15, 0.2) is 17.3 Å². The van der Waals surface area contributed by atoms with Crippen molar-refractivity contribution in [2.45, 2.75) is 30.7 Å². The second-order valence-corrected chi connectivity index (χ2v) is 7.63. The summed E-state index contributed by atoms with van der Waals surface area (Å²) in [5, 5.41) is 69.1. The molecule has 7 N–H and O–H groups in total. The maximum atomic E-state index is 12.6. The van der Waals surface area contributed by atoms with Gasteiger partial charge < -0.3 is 54.4 Å². The van der Waals surface area contributed by atoms with E-state index in [9.17, 15) is 40.5 Å². The van der Waals surface area contributed by atoms with Crippen molar-refractivity contribution in [2.24, 2.45) is 0 Å². The lowest BCUT2D eigenvalue weighted by Gasteiger charge is -2.39. The molecule has 4 rings (SSSR count). The first-order valence-corrected chi connectivity index (χ1v) is 10.0. The molecular weight excluding hydrogens is 456 g/mol. The summed E-state index contributed by atoms with van der Waals surface area (Å²) in [6, 6.07) is 6.11. The van der Waals surface area contributed by atoms with Crippen molar-refractivity contribution in [3.05, 3.63) is 40.6 Å². The summed E-state index contributed by atoms with van der Waals surface area (Å²) in [6.45, 7) is -0.633. The maximum absolute atomic E-state index is 12.6. The van der Waals surface area contributed by atoms with Crippen LogP contribution in [0.4, 0.5) is 0 Å². The Kier molecular flexibility index (Phi) is 6.25. The lowest BCUT2D eigenvalue weighted by Crippen LogP contribution is -2.60. The molecule has 0 saturated carbocycles. The number of phenolic OH excluding ortho intramolecular Hbond substituents is 2. The molecule has 1 aliphatic rings. The maximum Gasteiger partial charge on any atom is 0.238 e. The van der Waals surface area contributed by atoms with Crippen LogP contribution in [-0.4, -0.2) is 80.2 Å². The number of aliphatic hydroxyl groups is 4. The number of ether oxygens (including phenoxy) is 3. The van der Waals surface area contributed by atoms with E-state index in [2.05, 4.69) is 0 Å². The van der Waals surface area contributed by atoms with Crippen LogP contribution in [0.5, 0.6) is 28.7 Å². The van der Waals surface area contributed by atoms with E-state index in [-0.39, 0.29) is 39.5 Å². The number of aliphatic hydroxyl groups excluding tert-OH is 4. The number of hydrogen-bond acceptors (Lipinski definition) is 12. The molecule has 182 valence electrons. The molecule has 1 saturated heterocycles. The summed E-state index contributed by atoms with van der Waals surface area (Å²) >= 11 is 0. The second kappa shape index (κ2) is 9.00. The average molecular weight is 478 g/mol. The molecule has 1 aromatic heterocycles. The largest absolute Gasteiger partial charge is 0.508 e. The molecule has 34 heavy (non-hydrogen) atoms. The molecule has 0 aliphatic carbocycles. The fourth-order valence-corrected chi connectivity index (χ4v) is 3.67. The number of methoxy groups -OCH3 is 1. The zero-order chi connectivity index (χ0) is 24.7. The Bertz CT molecular complexity index is 1270. The Balaban J connectivity index is 1.71. The van der Waals surface area contributed by atoms with Crippen LogP contribution in [-0.2, 0) is 4.74 Å². The first kappa shape index (κ1) is 23.6. The smallest absolute Gasteiger partial charge is 0.238 e. The van der Waals surface area contributed by atoms with Gasteiger partial charge in [0.05, 0.1) is 13.7 Å². The Hall–Kier alpha value is -3.55. The third-order valence-corrected chi connectivity index (χ3v) is 5.45. The molecule has 0 radical (unpaired) electrons. The van der Waals surface area contributed by atoms with Crippen molar-refractivity contribution >= 4 is 11.0 Å². The van der Waals surface area contributed by atoms with E-state index in [1.54, 1.807) is 0 Å². The molecule has 1 fully saturated rings. The number of fused-ring (bicyclic) bond motifs is 1. The van der Waals surface area contributed by atoms with Crippen LogP contribution in [0.2, 0.25) is 0 Å². The summed E-state index contributed by atoms with van der Waals surface area (Å²) in [5.41, 5.74) is -0.928. The summed E-state index contributed by atoms with van der Waals surface area (Å²) in [6.07, 6.45) is -7.48. The first-order valence-electron chi connectivity index (χ1n) is 10.0. The van der Waals surface area contributed by atoms with Crippen molar-refractivity contribution in [1.82, 2.24) is 0 Å². The number of aromatic hydroxyl groups is 3. The summed E-state index contributed by atoms with van der Waals surface area (Å²) in [4.78, 5) is 12.6. The van der Waals surface area contributed by atoms with Gasteiger partial charge in [-0.25, -0.2) is 0 Å².